The molecule has 3 rings (SSSR count). The van der Waals surface area contributed by atoms with Crippen LogP contribution in [0.3, 0.4) is 0 Å². The van der Waals surface area contributed by atoms with Gasteiger partial charge in [-0.15, -0.1) is 0 Å². The fraction of sp³-hybridized carbons (Fsp3) is 0.238. The quantitative estimate of drug-likeness (QED) is 0.799. The van der Waals surface area contributed by atoms with Crippen LogP contribution in [0.1, 0.15) is 31.1 Å². The van der Waals surface area contributed by atoms with Crippen LogP contribution in [-0.4, -0.2) is 30.4 Å². The number of rotatable bonds is 4. The topological polar surface area (TPSA) is 77.1 Å². The summed E-state index contributed by atoms with van der Waals surface area (Å²) in [7, 11) is 0. The monoisotopic (exact) mass is 382 g/mol. The molecule has 0 saturated heterocycles. The zero-order valence-electron chi connectivity index (χ0n) is 15.8. The SMILES string of the molecule is CCOC(=O)NN(C(=O)OCC)C1=C[C@H](c2ccccc2)Oc2ccccc21. The van der Waals surface area contributed by atoms with Gasteiger partial charge in [-0.25, -0.2) is 15.0 Å². The van der Waals surface area contributed by atoms with E-state index in [-0.39, 0.29) is 13.2 Å². The number of para-hydroxylation sites is 1. The van der Waals surface area contributed by atoms with E-state index in [1.54, 1.807) is 26.0 Å². The Balaban J connectivity index is 2.04. The molecule has 1 aliphatic rings. The molecule has 7 heteroatoms. The molecular weight excluding hydrogens is 360 g/mol. The fourth-order valence-corrected chi connectivity index (χ4v) is 2.83. The van der Waals surface area contributed by atoms with Crippen LogP contribution in [0.15, 0.2) is 60.7 Å². The minimum absolute atomic E-state index is 0.160. The van der Waals surface area contributed by atoms with Gasteiger partial charge < -0.3 is 14.2 Å². The number of benzene rings is 2. The summed E-state index contributed by atoms with van der Waals surface area (Å²) in [4.78, 5) is 24.6. The minimum Gasteiger partial charge on any atom is -0.481 e. The maximum atomic E-state index is 12.6. The van der Waals surface area contributed by atoms with Gasteiger partial charge in [0.05, 0.1) is 18.9 Å². The highest BCUT2D eigenvalue weighted by molar-refractivity contribution is 5.86. The van der Waals surface area contributed by atoms with E-state index in [1.165, 1.54) is 0 Å². The Bertz CT molecular complexity index is 866. The number of nitrogens with one attached hydrogen (secondary N) is 1. The molecule has 0 bridgehead atoms. The molecule has 0 radical (unpaired) electrons. The van der Waals surface area contributed by atoms with Gasteiger partial charge in [-0.1, -0.05) is 42.5 Å². The highest BCUT2D eigenvalue weighted by Crippen LogP contribution is 2.38. The van der Waals surface area contributed by atoms with E-state index in [1.807, 2.05) is 48.5 Å². The van der Waals surface area contributed by atoms with E-state index in [0.717, 1.165) is 10.6 Å². The standard InChI is InChI=1S/C21H22N2O5/c1-3-26-20(24)22-23(21(25)27-4-2)17-14-19(15-10-6-5-7-11-15)28-18-13-9-8-12-16(17)18/h5-14,19H,3-4H2,1-2H3,(H,22,24)/t19-/m1/s1. The molecule has 0 aliphatic carbocycles. The molecule has 2 aromatic rings. The molecule has 0 unspecified atom stereocenters. The second-order valence-corrected chi connectivity index (χ2v) is 5.86. The molecule has 2 aromatic carbocycles. The number of carbonyl (C=O) groups excluding carboxylic acids is 2. The summed E-state index contributed by atoms with van der Waals surface area (Å²) in [6.45, 7) is 3.71. The van der Waals surface area contributed by atoms with Gasteiger partial charge >= 0.3 is 12.2 Å². The van der Waals surface area contributed by atoms with Crippen molar-refractivity contribution < 1.29 is 23.8 Å². The Hall–Kier alpha value is -3.48. The molecule has 1 heterocycles. The maximum absolute atomic E-state index is 12.6. The van der Waals surface area contributed by atoms with E-state index in [4.69, 9.17) is 14.2 Å². The molecule has 0 spiro atoms. The van der Waals surface area contributed by atoms with Crippen LogP contribution in [0.5, 0.6) is 5.75 Å². The summed E-state index contributed by atoms with van der Waals surface area (Å²) in [5, 5.41) is 1.05. The number of carbonyl (C=O) groups is 2. The second-order valence-electron chi connectivity index (χ2n) is 5.86. The van der Waals surface area contributed by atoms with Crippen LogP contribution in [0, 0.1) is 0 Å². The zero-order valence-corrected chi connectivity index (χ0v) is 15.8. The molecule has 1 atom stereocenters. The summed E-state index contributed by atoms with van der Waals surface area (Å²) in [5.41, 5.74) is 4.47. The number of ether oxygens (including phenoxy) is 3. The lowest BCUT2D eigenvalue weighted by atomic mass is 10.0. The zero-order chi connectivity index (χ0) is 19.9. The molecule has 0 saturated carbocycles. The van der Waals surface area contributed by atoms with Gasteiger partial charge in [-0.2, -0.15) is 5.01 Å². The molecule has 0 aromatic heterocycles. The van der Waals surface area contributed by atoms with Gasteiger partial charge in [0.2, 0.25) is 0 Å². The molecular formula is C21H22N2O5. The third-order valence-corrected chi connectivity index (χ3v) is 4.02. The fourth-order valence-electron chi connectivity index (χ4n) is 2.83. The van der Waals surface area contributed by atoms with Crippen molar-refractivity contribution >= 4 is 17.9 Å². The van der Waals surface area contributed by atoms with Crippen molar-refractivity contribution in [2.45, 2.75) is 20.0 Å². The Kier molecular flexibility index (Phi) is 6.16. The molecule has 0 fully saturated rings. The second kappa shape index (κ2) is 8.94. The van der Waals surface area contributed by atoms with E-state index >= 15 is 0 Å². The summed E-state index contributed by atoms with van der Waals surface area (Å²) in [5.74, 6) is 0.591. The number of hydrogen-bond acceptors (Lipinski definition) is 5. The van der Waals surface area contributed by atoms with Crippen LogP contribution < -0.4 is 10.2 Å². The van der Waals surface area contributed by atoms with Crippen LogP contribution >= 0.6 is 0 Å². The van der Waals surface area contributed by atoms with Crippen molar-refractivity contribution in [3.8, 4) is 5.75 Å². The van der Waals surface area contributed by atoms with Gasteiger partial charge in [0.15, 0.2) is 0 Å². The maximum Gasteiger partial charge on any atom is 0.433 e. The Morgan fingerprint density at radius 2 is 1.68 bits per heavy atom. The van der Waals surface area contributed by atoms with Crippen molar-refractivity contribution in [1.29, 1.82) is 0 Å². The number of amides is 2. The largest absolute Gasteiger partial charge is 0.481 e. The molecule has 1 aliphatic heterocycles. The van der Waals surface area contributed by atoms with Gasteiger partial charge in [0, 0.05) is 5.56 Å². The summed E-state index contributed by atoms with van der Waals surface area (Å²) in [6.07, 6.45) is -0.144. The average molecular weight is 382 g/mol. The van der Waals surface area contributed by atoms with E-state index < -0.39 is 18.3 Å². The van der Waals surface area contributed by atoms with Crippen LogP contribution in [-0.2, 0) is 9.47 Å². The minimum atomic E-state index is -0.753. The summed E-state index contributed by atoms with van der Waals surface area (Å²) < 4.78 is 16.2. The molecule has 7 nitrogen and oxygen atoms in total. The molecule has 2 amide bonds. The number of hydrogen-bond donors (Lipinski definition) is 1. The Labute approximate surface area is 163 Å². The molecule has 1 N–H and O–H groups in total. The summed E-state index contributed by atoms with van der Waals surface area (Å²) >= 11 is 0. The van der Waals surface area contributed by atoms with Crippen molar-refractivity contribution in [3.63, 3.8) is 0 Å². The first kappa shape index (κ1) is 19.3. The van der Waals surface area contributed by atoms with Crippen molar-refractivity contribution in [2.75, 3.05) is 13.2 Å². The predicted octanol–water partition coefficient (Wildman–Crippen LogP) is 4.28. The van der Waals surface area contributed by atoms with Gasteiger partial charge in [0.25, 0.3) is 0 Å². The van der Waals surface area contributed by atoms with Gasteiger partial charge in [-0.3, -0.25) is 0 Å². The number of hydrazine groups is 1. The van der Waals surface area contributed by atoms with E-state index in [9.17, 15) is 9.59 Å². The van der Waals surface area contributed by atoms with Gasteiger partial charge in [-0.05, 0) is 37.6 Å². The van der Waals surface area contributed by atoms with Gasteiger partial charge in [0.1, 0.15) is 11.9 Å². The highest BCUT2D eigenvalue weighted by Gasteiger charge is 2.30. The first-order chi connectivity index (χ1) is 13.6. The van der Waals surface area contributed by atoms with Crippen molar-refractivity contribution in [1.82, 2.24) is 10.4 Å². The predicted molar refractivity (Wildman–Crippen MR) is 103 cm³/mol. The average Bonchev–Trinajstić information content (AvgIpc) is 2.72. The first-order valence-electron chi connectivity index (χ1n) is 9.07. The smallest absolute Gasteiger partial charge is 0.433 e. The van der Waals surface area contributed by atoms with Crippen LogP contribution in [0.25, 0.3) is 5.70 Å². The third-order valence-electron chi connectivity index (χ3n) is 4.02. The normalized spacial score (nSPS) is 14.8. The molecule has 146 valence electrons. The first-order valence-corrected chi connectivity index (χ1v) is 9.07. The lowest BCUT2D eigenvalue weighted by Crippen LogP contribution is -2.46. The number of fused-ring (bicyclic) bond motifs is 1. The highest BCUT2D eigenvalue weighted by atomic mass is 16.6. The van der Waals surface area contributed by atoms with Crippen LogP contribution in [0.4, 0.5) is 9.59 Å². The third kappa shape index (κ3) is 4.25. The van der Waals surface area contributed by atoms with Crippen molar-refractivity contribution in [2.24, 2.45) is 0 Å². The Morgan fingerprint density at radius 3 is 2.39 bits per heavy atom. The molecule has 28 heavy (non-hydrogen) atoms. The van der Waals surface area contributed by atoms with Crippen LogP contribution in [0.2, 0.25) is 0 Å². The Morgan fingerprint density at radius 1 is 1.00 bits per heavy atom. The van der Waals surface area contributed by atoms with E-state index in [0.29, 0.717) is 17.0 Å². The lowest BCUT2D eigenvalue weighted by molar-refractivity contribution is 0.0949. The van der Waals surface area contributed by atoms with Crippen molar-refractivity contribution in [3.05, 3.63) is 71.8 Å². The summed E-state index contributed by atoms with van der Waals surface area (Å²) in [6, 6.07) is 16.9. The number of nitrogens with zero attached hydrogens (tertiary/aromatic N) is 1. The van der Waals surface area contributed by atoms with E-state index in [2.05, 4.69) is 5.43 Å². The lowest BCUT2D eigenvalue weighted by Gasteiger charge is -2.31.